The van der Waals surface area contributed by atoms with Crippen molar-refractivity contribution in [2.24, 2.45) is 0 Å². The molecule has 1 aliphatic rings. The minimum Gasteiger partial charge on any atom is -0.550 e. The number of likely N-dealkylation sites (tertiary alicyclic amines) is 1. The molecule has 0 radical (unpaired) electrons. The second-order valence-electron chi connectivity index (χ2n) is 6.39. The number of methoxy groups -OCH3 is 1. The van der Waals surface area contributed by atoms with Gasteiger partial charge in [0.2, 0.25) is 0 Å². The quantitative estimate of drug-likeness (QED) is 0.439. The molecule has 29 heavy (non-hydrogen) atoms. The lowest BCUT2D eigenvalue weighted by Gasteiger charge is -2.25. The third kappa shape index (κ3) is 4.09. The number of aliphatic hydroxyl groups excluding tert-OH is 1. The molecule has 0 spiro atoms. The van der Waals surface area contributed by atoms with Crippen LogP contribution in [-0.4, -0.2) is 41.3 Å². The number of ketones is 1. The summed E-state index contributed by atoms with van der Waals surface area (Å²) in [7, 11) is 1.50. The van der Waals surface area contributed by atoms with E-state index in [-0.39, 0.29) is 17.9 Å². The lowest BCUT2D eigenvalue weighted by molar-refractivity contribution is -0.305. The Morgan fingerprint density at radius 2 is 1.76 bits per heavy atom. The molecule has 0 unspecified atom stereocenters. The fourth-order valence-electron chi connectivity index (χ4n) is 3.22. The Kier molecular flexibility index (Phi) is 5.89. The highest BCUT2D eigenvalue weighted by atomic mass is 35.5. The molecule has 150 valence electrons. The largest absolute Gasteiger partial charge is 0.550 e. The number of benzene rings is 2. The first-order valence-electron chi connectivity index (χ1n) is 8.71. The fraction of sp³-hybridized carbons (Fsp3) is 0.190. The van der Waals surface area contributed by atoms with Gasteiger partial charge in [-0.15, -0.1) is 0 Å². The third-order valence-corrected chi connectivity index (χ3v) is 4.90. The maximum absolute atomic E-state index is 12.7. The van der Waals surface area contributed by atoms with E-state index in [1.165, 1.54) is 19.2 Å². The molecular weight excluding hydrogens is 398 g/mol. The highest BCUT2D eigenvalue weighted by Gasteiger charge is 2.45. The molecule has 0 aromatic heterocycles. The molecule has 2 aromatic rings. The van der Waals surface area contributed by atoms with E-state index in [0.29, 0.717) is 21.9 Å². The number of carbonyl (C=O) groups excluding carboxylic acids is 3. The topological polar surface area (TPSA) is 107 Å². The third-order valence-electron chi connectivity index (χ3n) is 4.65. The van der Waals surface area contributed by atoms with Crippen LogP contribution in [0, 0.1) is 0 Å². The summed E-state index contributed by atoms with van der Waals surface area (Å²) < 4.78 is 5.13. The number of nitrogens with zero attached hydrogens (tertiary/aromatic N) is 1. The van der Waals surface area contributed by atoms with Crippen LogP contribution in [0.4, 0.5) is 0 Å². The zero-order valence-corrected chi connectivity index (χ0v) is 16.2. The van der Waals surface area contributed by atoms with Crippen molar-refractivity contribution in [3.63, 3.8) is 0 Å². The Hall–Kier alpha value is -3.32. The molecule has 1 N–H and O–H groups in total. The molecule has 7 nitrogen and oxygen atoms in total. The van der Waals surface area contributed by atoms with Crippen LogP contribution in [0.1, 0.15) is 23.6 Å². The molecule has 1 amide bonds. The molecule has 1 aliphatic heterocycles. The van der Waals surface area contributed by atoms with Crippen molar-refractivity contribution in [2.75, 3.05) is 13.7 Å². The van der Waals surface area contributed by atoms with Crippen LogP contribution in [0.3, 0.4) is 0 Å². The van der Waals surface area contributed by atoms with Gasteiger partial charge in [0, 0.05) is 29.5 Å². The van der Waals surface area contributed by atoms with E-state index in [1.807, 2.05) is 0 Å². The summed E-state index contributed by atoms with van der Waals surface area (Å²) in [4.78, 5) is 37.4. The van der Waals surface area contributed by atoms with Crippen LogP contribution in [0.5, 0.6) is 5.75 Å². The lowest BCUT2D eigenvalue weighted by Crippen LogP contribution is -2.34. The first kappa shape index (κ1) is 20.4. The van der Waals surface area contributed by atoms with Crippen LogP contribution in [0.2, 0.25) is 5.02 Å². The molecule has 0 aliphatic carbocycles. The Balaban J connectivity index is 2.13. The predicted octanol–water partition coefficient (Wildman–Crippen LogP) is 1.91. The zero-order valence-electron chi connectivity index (χ0n) is 15.4. The smallest absolute Gasteiger partial charge is 0.295 e. The summed E-state index contributed by atoms with van der Waals surface area (Å²) in [5.74, 6) is -2.92. The summed E-state index contributed by atoms with van der Waals surface area (Å²) in [6.45, 7) is -0.235. The number of carbonyl (C=O) groups is 3. The van der Waals surface area contributed by atoms with Crippen LogP contribution in [0.25, 0.3) is 5.76 Å². The average molecular weight is 415 g/mol. The fourth-order valence-corrected chi connectivity index (χ4v) is 3.34. The molecule has 2 aromatic carbocycles. The second kappa shape index (κ2) is 8.36. The van der Waals surface area contributed by atoms with E-state index < -0.39 is 30.1 Å². The zero-order chi connectivity index (χ0) is 21.1. The van der Waals surface area contributed by atoms with E-state index in [0.717, 1.165) is 4.90 Å². The van der Waals surface area contributed by atoms with E-state index in [1.54, 1.807) is 36.4 Å². The van der Waals surface area contributed by atoms with Crippen LogP contribution < -0.4 is 9.84 Å². The molecule has 0 bridgehead atoms. The van der Waals surface area contributed by atoms with Crippen LogP contribution in [-0.2, 0) is 14.4 Å². The number of ether oxygens (including phenoxy) is 1. The number of amides is 1. The predicted molar refractivity (Wildman–Crippen MR) is 103 cm³/mol. The van der Waals surface area contributed by atoms with Gasteiger partial charge in [-0.2, -0.15) is 0 Å². The molecule has 8 heteroatoms. The van der Waals surface area contributed by atoms with E-state index >= 15 is 0 Å². The highest BCUT2D eigenvalue weighted by Crippen LogP contribution is 2.39. The van der Waals surface area contributed by atoms with Crippen LogP contribution in [0.15, 0.2) is 54.1 Å². The first-order chi connectivity index (χ1) is 13.8. The van der Waals surface area contributed by atoms with Gasteiger partial charge in [-0.1, -0.05) is 23.7 Å². The normalized spacial score (nSPS) is 18.1. The standard InChI is InChI=1S/C21H18ClNO6/c1-29-15-8-4-12(5-9-15)18-17(19(26)13-2-6-14(22)7-3-13)20(27)21(28)23(18)11-10-16(24)25/h2-9,18,26H,10-11H2,1H3,(H,24,25)/p-1/t18-/m1/s1. The van der Waals surface area contributed by atoms with Gasteiger partial charge in [0.25, 0.3) is 11.7 Å². The SMILES string of the molecule is COc1ccc([C@@H]2C(=C(O)c3ccc(Cl)cc3)C(=O)C(=O)N2CCC(=O)[O-])cc1. The van der Waals surface area contributed by atoms with Gasteiger partial charge >= 0.3 is 0 Å². The highest BCUT2D eigenvalue weighted by molar-refractivity contribution is 6.46. The van der Waals surface area contributed by atoms with Gasteiger partial charge in [0.1, 0.15) is 11.5 Å². The first-order valence-corrected chi connectivity index (χ1v) is 9.09. The van der Waals surface area contributed by atoms with Gasteiger partial charge in [0.15, 0.2) is 0 Å². The molecular formula is C21H17ClNO6-. The van der Waals surface area contributed by atoms with Crippen molar-refractivity contribution in [1.29, 1.82) is 0 Å². The summed E-state index contributed by atoms with van der Waals surface area (Å²) in [6, 6.07) is 11.8. The van der Waals surface area contributed by atoms with Gasteiger partial charge in [-0.3, -0.25) is 9.59 Å². The van der Waals surface area contributed by atoms with Crippen molar-refractivity contribution in [3.8, 4) is 5.75 Å². The van der Waals surface area contributed by atoms with Crippen molar-refractivity contribution < 1.29 is 29.3 Å². The van der Waals surface area contributed by atoms with E-state index in [2.05, 4.69) is 0 Å². The van der Waals surface area contributed by atoms with Crippen LogP contribution >= 0.6 is 11.6 Å². The monoisotopic (exact) mass is 414 g/mol. The molecule has 3 rings (SSSR count). The number of rotatable bonds is 6. The Labute approximate surface area is 171 Å². The van der Waals surface area contributed by atoms with Gasteiger partial charge in [-0.05, 0) is 42.0 Å². The minimum absolute atomic E-state index is 0.124. The number of carboxylic acid groups (broad SMARTS) is 1. The maximum atomic E-state index is 12.7. The number of aliphatic hydroxyl groups is 1. The molecule has 1 heterocycles. The summed E-state index contributed by atoms with van der Waals surface area (Å²) in [5, 5.41) is 22.2. The van der Waals surface area contributed by atoms with Crippen molar-refractivity contribution in [1.82, 2.24) is 4.90 Å². The number of hydrogen-bond donors (Lipinski definition) is 1. The average Bonchev–Trinajstić information content (AvgIpc) is 2.97. The number of carboxylic acids is 1. The molecule has 0 saturated carbocycles. The lowest BCUT2D eigenvalue weighted by atomic mass is 9.95. The Morgan fingerprint density at radius 3 is 2.31 bits per heavy atom. The Bertz CT molecular complexity index is 981. The summed E-state index contributed by atoms with van der Waals surface area (Å²) in [5.41, 5.74) is 0.713. The van der Waals surface area contributed by atoms with E-state index in [9.17, 15) is 24.6 Å². The molecule has 1 fully saturated rings. The number of Topliss-reactive ketones (excluding diaryl/α,β-unsaturated/α-hetero) is 1. The number of aliphatic carboxylic acids is 1. The van der Waals surface area contributed by atoms with Gasteiger partial charge in [0.05, 0.1) is 18.7 Å². The molecule has 1 saturated heterocycles. The maximum Gasteiger partial charge on any atom is 0.295 e. The molecule has 1 atom stereocenters. The van der Waals surface area contributed by atoms with Gasteiger partial charge < -0.3 is 24.6 Å². The van der Waals surface area contributed by atoms with Crippen molar-refractivity contribution in [2.45, 2.75) is 12.5 Å². The van der Waals surface area contributed by atoms with E-state index in [4.69, 9.17) is 16.3 Å². The van der Waals surface area contributed by atoms with Crippen molar-refractivity contribution >= 4 is 35.0 Å². The summed E-state index contributed by atoms with van der Waals surface area (Å²) in [6.07, 6.45) is -0.444. The summed E-state index contributed by atoms with van der Waals surface area (Å²) >= 11 is 5.87. The minimum atomic E-state index is -1.35. The second-order valence-corrected chi connectivity index (χ2v) is 6.83. The van der Waals surface area contributed by atoms with Crippen molar-refractivity contribution in [3.05, 3.63) is 70.3 Å². The number of halogens is 1. The van der Waals surface area contributed by atoms with Gasteiger partial charge in [-0.25, -0.2) is 0 Å². The number of hydrogen-bond acceptors (Lipinski definition) is 6. The Morgan fingerprint density at radius 1 is 1.14 bits per heavy atom.